The zero-order valence-electron chi connectivity index (χ0n) is 23.9. The molecule has 9 heteroatoms. The average Bonchev–Trinajstić information content (AvgIpc) is 3.32. The molecule has 0 aliphatic carbocycles. The van der Waals surface area contributed by atoms with Crippen LogP contribution in [0, 0.1) is 11.8 Å². The lowest BCUT2D eigenvalue weighted by molar-refractivity contribution is -0.129. The molecule has 3 atom stereocenters. The summed E-state index contributed by atoms with van der Waals surface area (Å²) in [5, 5.41) is 6.83. The van der Waals surface area contributed by atoms with E-state index in [0.29, 0.717) is 18.8 Å². The molecular formula is C31H39N5O3S. The maximum Gasteiger partial charge on any atom is 0.293 e. The molecular weight excluding hydrogens is 522 g/mol. The first-order chi connectivity index (χ1) is 19.0. The van der Waals surface area contributed by atoms with E-state index in [-0.39, 0.29) is 36.7 Å². The molecule has 2 aromatic carbocycles. The van der Waals surface area contributed by atoms with Crippen molar-refractivity contribution in [3.63, 3.8) is 0 Å². The maximum atomic E-state index is 13.7. The highest BCUT2D eigenvalue weighted by Crippen LogP contribution is 2.27. The highest BCUT2D eigenvalue weighted by Gasteiger charge is 2.27. The zero-order chi connectivity index (χ0) is 29.2. The Bertz CT molecular complexity index is 1370. The number of benzene rings is 2. The van der Waals surface area contributed by atoms with Crippen LogP contribution in [0.1, 0.15) is 55.7 Å². The van der Waals surface area contributed by atoms with E-state index in [1.807, 2.05) is 55.4 Å². The van der Waals surface area contributed by atoms with Gasteiger partial charge in [0.05, 0.1) is 21.3 Å². The normalized spacial score (nSPS) is 13.4. The lowest BCUT2D eigenvalue weighted by atomic mass is 9.98. The predicted octanol–water partition coefficient (Wildman–Crippen LogP) is 3.39. The van der Waals surface area contributed by atoms with Crippen molar-refractivity contribution >= 4 is 39.3 Å². The van der Waals surface area contributed by atoms with E-state index in [1.165, 1.54) is 5.56 Å². The Morgan fingerprint density at radius 2 is 1.77 bits per heavy atom. The molecule has 0 aliphatic heterocycles. The van der Waals surface area contributed by atoms with Crippen molar-refractivity contribution in [3.05, 3.63) is 64.7 Å². The minimum atomic E-state index is -0.787. The molecule has 0 saturated heterocycles. The fourth-order valence-electron chi connectivity index (χ4n) is 4.33. The fraction of sp³-hybridized carbons (Fsp3) is 0.419. The van der Waals surface area contributed by atoms with Gasteiger partial charge in [-0.25, -0.2) is 4.98 Å². The van der Waals surface area contributed by atoms with E-state index in [0.717, 1.165) is 20.8 Å². The van der Waals surface area contributed by atoms with Crippen molar-refractivity contribution in [1.82, 2.24) is 20.5 Å². The minimum absolute atomic E-state index is 0.207. The third-order valence-corrected chi connectivity index (χ3v) is 7.68. The molecule has 0 saturated carbocycles. The van der Waals surface area contributed by atoms with Gasteiger partial charge in [-0.3, -0.25) is 19.3 Å². The number of hydrogen-bond donors (Lipinski definition) is 3. The van der Waals surface area contributed by atoms with Crippen molar-refractivity contribution in [2.24, 2.45) is 5.73 Å². The second kappa shape index (κ2) is 14.6. The third kappa shape index (κ3) is 9.18. The Morgan fingerprint density at radius 3 is 2.40 bits per heavy atom. The van der Waals surface area contributed by atoms with E-state index in [4.69, 9.17) is 10.7 Å². The van der Waals surface area contributed by atoms with Crippen LogP contribution in [-0.2, 0) is 27.2 Å². The first-order valence-electron chi connectivity index (χ1n) is 13.6. The summed E-state index contributed by atoms with van der Waals surface area (Å²) < 4.78 is 1.06. The van der Waals surface area contributed by atoms with Gasteiger partial charge in [0.2, 0.25) is 11.8 Å². The second-order valence-corrected chi connectivity index (χ2v) is 11.5. The second-order valence-electron chi connectivity index (χ2n) is 10.4. The molecule has 0 radical (unpaired) electrons. The smallest absolute Gasteiger partial charge is 0.293 e. The van der Waals surface area contributed by atoms with Crippen LogP contribution in [0.3, 0.4) is 0 Å². The molecule has 0 spiro atoms. The van der Waals surface area contributed by atoms with E-state index < -0.39 is 11.9 Å². The maximum absolute atomic E-state index is 13.7. The highest BCUT2D eigenvalue weighted by atomic mass is 32.1. The van der Waals surface area contributed by atoms with Gasteiger partial charge in [0.1, 0.15) is 6.04 Å². The summed E-state index contributed by atoms with van der Waals surface area (Å²) in [6, 6.07) is 14.7. The zero-order valence-corrected chi connectivity index (χ0v) is 24.7. The number of primary amides is 1. The molecule has 8 nitrogen and oxygen atoms in total. The Balaban J connectivity index is 1.86. The fourth-order valence-corrected chi connectivity index (χ4v) is 5.39. The molecule has 3 aromatic rings. The van der Waals surface area contributed by atoms with Gasteiger partial charge in [0, 0.05) is 18.9 Å². The summed E-state index contributed by atoms with van der Waals surface area (Å²) in [6.07, 6.45) is 1.56. The van der Waals surface area contributed by atoms with Gasteiger partial charge in [-0.15, -0.1) is 11.3 Å². The largest absolute Gasteiger partial charge is 0.359 e. The van der Waals surface area contributed by atoms with Gasteiger partial charge in [-0.05, 0) is 62.0 Å². The van der Waals surface area contributed by atoms with Crippen molar-refractivity contribution in [3.8, 4) is 11.8 Å². The first kappa shape index (κ1) is 30.8. The molecule has 3 amide bonds. The Labute approximate surface area is 240 Å². The third-order valence-electron chi connectivity index (χ3n) is 6.64. The summed E-state index contributed by atoms with van der Waals surface area (Å²) in [4.78, 5) is 44.1. The van der Waals surface area contributed by atoms with Crippen molar-refractivity contribution in [2.45, 2.75) is 70.5 Å². The van der Waals surface area contributed by atoms with E-state index in [2.05, 4.69) is 48.5 Å². The molecule has 3 rings (SSSR count). The van der Waals surface area contributed by atoms with Crippen LogP contribution in [0.5, 0.6) is 0 Å². The Kier molecular flexibility index (Phi) is 11.2. The minimum Gasteiger partial charge on any atom is -0.359 e. The van der Waals surface area contributed by atoms with Crippen LogP contribution in [0.4, 0.5) is 0 Å². The van der Waals surface area contributed by atoms with Crippen LogP contribution in [0.2, 0.25) is 0 Å². The molecule has 1 heterocycles. The number of fused-ring (bicyclic) bond motifs is 1. The number of amides is 3. The number of carbonyl (C=O) groups excluding carboxylic acids is 3. The Hall–Kier alpha value is -3.74. The molecule has 1 unspecified atom stereocenters. The molecule has 212 valence electrons. The van der Waals surface area contributed by atoms with Crippen LogP contribution >= 0.6 is 11.3 Å². The summed E-state index contributed by atoms with van der Waals surface area (Å²) in [5.41, 5.74) is 8.42. The van der Waals surface area contributed by atoms with Gasteiger partial charge in [-0.1, -0.05) is 63.1 Å². The van der Waals surface area contributed by atoms with Gasteiger partial charge in [0.15, 0.2) is 0 Å². The summed E-state index contributed by atoms with van der Waals surface area (Å²) in [7, 11) is 3.73. The van der Waals surface area contributed by atoms with Crippen LogP contribution < -0.4 is 16.4 Å². The standard InChI is InChI=1S/C31H39N5O3S/c1-6-29(38)34-26(19-30-35-25-14-12-22(20(2)3)17-27(25)40-30)31(39)33-23(16-21-10-8-7-9-11-21)18-24(36(4)5)13-15-28(32)37/h7-12,14,17,20,23-24,26H,6,16,18-19H2,1-5H3,(H2,32,37)(H,33,39)(H,34,38)/t23-,24?,26-/m0/s1. The lowest BCUT2D eigenvalue weighted by Gasteiger charge is -2.27. The predicted molar refractivity (Wildman–Crippen MR) is 161 cm³/mol. The number of nitrogens with one attached hydrogen (secondary N) is 2. The van der Waals surface area contributed by atoms with E-state index in [9.17, 15) is 14.4 Å². The van der Waals surface area contributed by atoms with Crippen molar-refractivity contribution < 1.29 is 14.4 Å². The summed E-state index contributed by atoms with van der Waals surface area (Å²) >= 11 is 1.54. The van der Waals surface area contributed by atoms with Crippen LogP contribution in [0.15, 0.2) is 48.5 Å². The number of rotatable bonds is 12. The van der Waals surface area contributed by atoms with Crippen LogP contribution in [-0.4, -0.2) is 59.8 Å². The molecule has 0 aliphatic rings. The SMILES string of the molecule is CCC(=O)N[C@@H](Cc1nc2ccc(C(C)C)cc2s1)C(=O)N[C@@H](Cc1ccccc1)CC(C#CC(N)=O)N(C)C. The van der Waals surface area contributed by atoms with Gasteiger partial charge >= 0.3 is 0 Å². The summed E-state index contributed by atoms with van der Waals surface area (Å²) in [5.74, 6) is 4.56. The number of aromatic nitrogens is 1. The Morgan fingerprint density at radius 1 is 1.05 bits per heavy atom. The number of nitrogens with zero attached hydrogens (tertiary/aromatic N) is 2. The number of nitrogens with two attached hydrogens (primary N) is 1. The molecule has 1 aromatic heterocycles. The van der Waals surface area contributed by atoms with Gasteiger partial charge < -0.3 is 16.4 Å². The summed E-state index contributed by atoms with van der Waals surface area (Å²) in [6.45, 7) is 6.05. The van der Waals surface area contributed by atoms with E-state index >= 15 is 0 Å². The van der Waals surface area contributed by atoms with Crippen LogP contribution in [0.25, 0.3) is 10.2 Å². The van der Waals surface area contributed by atoms with Gasteiger partial charge in [0.25, 0.3) is 5.91 Å². The number of hydrogen-bond acceptors (Lipinski definition) is 6. The average molecular weight is 562 g/mol. The first-order valence-corrected chi connectivity index (χ1v) is 14.4. The van der Waals surface area contributed by atoms with Gasteiger partial charge in [-0.2, -0.15) is 0 Å². The molecule has 0 fully saturated rings. The molecule has 40 heavy (non-hydrogen) atoms. The van der Waals surface area contributed by atoms with Crippen molar-refractivity contribution in [2.75, 3.05) is 14.1 Å². The van der Waals surface area contributed by atoms with Crippen molar-refractivity contribution in [1.29, 1.82) is 0 Å². The number of thiazole rings is 1. The number of carbonyl (C=O) groups is 3. The monoisotopic (exact) mass is 561 g/mol. The lowest BCUT2D eigenvalue weighted by Crippen LogP contribution is -2.52. The molecule has 0 bridgehead atoms. The quantitative estimate of drug-likeness (QED) is 0.293. The van der Waals surface area contributed by atoms with E-state index in [1.54, 1.807) is 18.3 Å². The molecule has 4 N–H and O–H groups in total. The highest BCUT2D eigenvalue weighted by molar-refractivity contribution is 7.18. The topological polar surface area (TPSA) is 117 Å².